The Balaban J connectivity index is 1.35. The third-order valence-electron chi connectivity index (χ3n) is 7.44. The molecule has 0 atom stereocenters. The van der Waals surface area contributed by atoms with Gasteiger partial charge in [0, 0.05) is 54.5 Å². The maximum Gasteiger partial charge on any atom is 0.253 e. The lowest BCUT2D eigenvalue weighted by atomic mass is 9.86. The van der Waals surface area contributed by atoms with Crippen molar-refractivity contribution in [3.05, 3.63) is 50.9 Å². The number of aryl methyl sites for hydroxylation is 1. The van der Waals surface area contributed by atoms with E-state index >= 15 is 4.39 Å². The summed E-state index contributed by atoms with van der Waals surface area (Å²) in [7, 11) is 0. The molecule has 5 heterocycles. The lowest BCUT2D eigenvalue weighted by Gasteiger charge is -2.23. The fraction of sp³-hybridized carbons (Fsp3) is 0.391. The number of rotatable bonds is 2. The molecule has 33 heavy (non-hydrogen) atoms. The summed E-state index contributed by atoms with van der Waals surface area (Å²) in [5.74, 6) is 0.0274. The van der Waals surface area contributed by atoms with Gasteiger partial charge < -0.3 is 20.9 Å². The first kappa shape index (κ1) is 19.4. The van der Waals surface area contributed by atoms with Gasteiger partial charge in [-0.3, -0.25) is 4.79 Å². The van der Waals surface area contributed by atoms with Gasteiger partial charge in [0.1, 0.15) is 5.82 Å². The summed E-state index contributed by atoms with van der Waals surface area (Å²) >= 11 is 6.13. The topological polar surface area (TPSA) is 108 Å². The summed E-state index contributed by atoms with van der Waals surface area (Å²) in [5, 5.41) is 9.51. The second-order valence-electron chi connectivity index (χ2n) is 9.33. The van der Waals surface area contributed by atoms with E-state index in [1.807, 2.05) is 0 Å². The van der Waals surface area contributed by atoms with Crippen molar-refractivity contribution in [2.45, 2.75) is 44.1 Å². The second-order valence-corrected chi connectivity index (χ2v) is 9.67. The van der Waals surface area contributed by atoms with Gasteiger partial charge in [-0.1, -0.05) is 0 Å². The van der Waals surface area contributed by atoms with Gasteiger partial charge in [0.25, 0.3) is 5.91 Å². The van der Waals surface area contributed by atoms with Crippen LogP contribution in [-0.4, -0.2) is 38.9 Å². The number of nitrogens with zero attached hydrogens (tertiary/aromatic N) is 3. The number of pyridine rings is 1. The van der Waals surface area contributed by atoms with Gasteiger partial charge in [0.2, 0.25) is 5.28 Å². The van der Waals surface area contributed by atoms with Gasteiger partial charge in [-0.25, -0.2) is 19.3 Å². The minimum absolute atomic E-state index is 0.0187. The van der Waals surface area contributed by atoms with E-state index < -0.39 is 5.82 Å². The minimum atomic E-state index is -0.454. The highest BCUT2D eigenvalue weighted by molar-refractivity contribution is 6.28. The van der Waals surface area contributed by atoms with Crippen LogP contribution in [0.2, 0.25) is 5.28 Å². The van der Waals surface area contributed by atoms with Crippen LogP contribution in [0.15, 0.2) is 6.20 Å². The molecule has 1 saturated carbocycles. The first-order valence-electron chi connectivity index (χ1n) is 11.3. The Morgan fingerprint density at radius 3 is 2.82 bits per heavy atom. The molecule has 1 spiro atoms. The molecule has 4 N–H and O–H groups in total. The average molecular weight is 466 g/mol. The smallest absolute Gasteiger partial charge is 0.253 e. The molecule has 168 valence electrons. The standard InChI is InChI=1S/C23H21ClFN7O/c24-22-29-13-3-6-26-8-12(13)19(32-22)31-20-16(25)14-10(7-27-20)1-2-11-15-18(30-17(11)14)23(4-5-23)9-28-21(15)33/h7,26,30H,1-6,8-9H2,(H,28,33)(H,27,29,31,32). The molecule has 0 saturated heterocycles. The summed E-state index contributed by atoms with van der Waals surface area (Å²) in [6, 6.07) is 0. The van der Waals surface area contributed by atoms with Crippen molar-refractivity contribution in [2.24, 2.45) is 0 Å². The van der Waals surface area contributed by atoms with Crippen molar-refractivity contribution in [2.75, 3.05) is 18.4 Å². The maximum absolute atomic E-state index is 16.0. The largest absolute Gasteiger partial charge is 0.357 e. The van der Waals surface area contributed by atoms with E-state index in [0.717, 1.165) is 53.9 Å². The second kappa shape index (κ2) is 6.74. The van der Waals surface area contributed by atoms with Crippen molar-refractivity contribution in [1.82, 2.24) is 30.6 Å². The maximum atomic E-state index is 16.0. The van der Waals surface area contributed by atoms with Crippen LogP contribution >= 0.6 is 11.6 Å². The highest BCUT2D eigenvalue weighted by Crippen LogP contribution is 2.53. The average Bonchev–Trinajstić information content (AvgIpc) is 3.48. The number of carbonyl (C=O) groups is 1. The summed E-state index contributed by atoms with van der Waals surface area (Å²) in [5.41, 5.74) is 6.32. The third-order valence-corrected chi connectivity index (χ3v) is 7.61. The Labute approximate surface area is 193 Å². The molecule has 4 aliphatic rings. The zero-order valence-corrected chi connectivity index (χ0v) is 18.5. The predicted molar refractivity (Wildman–Crippen MR) is 120 cm³/mol. The zero-order chi connectivity index (χ0) is 22.3. The molecule has 1 amide bonds. The van der Waals surface area contributed by atoms with E-state index in [9.17, 15) is 4.79 Å². The molecule has 0 unspecified atom stereocenters. The van der Waals surface area contributed by atoms with E-state index in [4.69, 9.17) is 11.6 Å². The van der Waals surface area contributed by atoms with Gasteiger partial charge in [-0.05, 0) is 48.4 Å². The van der Waals surface area contributed by atoms with Crippen LogP contribution in [-0.2, 0) is 31.2 Å². The molecule has 3 aromatic rings. The van der Waals surface area contributed by atoms with Crippen LogP contribution in [0.3, 0.4) is 0 Å². The Bertz CT molecular complexity index is 1360. The van der Waals surface area contributed by atoms with Crippen LogP contribution in [0.1, 0.15) is 51.3 Å². The summed E-state index contributed by atoms with van der Waals surface area (Å²) in [6.07, 6.45) is 5.83. The Hall–Kier alpha value is -3.04. The van der Waals surface area contributed by atoms with E-state index in [1.54, 1.807) is 6.20 Å². The van der Waals surface area contributed by atoms with E-state index in [2.05, 4.69) is 35.9 Å². The third kappa shape index (κ3) is 2.78. The molecular weight excluding hydrogens is 445 g/mol. The number of nitrogens with one attached hydrogen (secondary N) is 4. The van der Waals surface area contributed by atoms with Crippen LogP contribution in [0, 0.1) is 5.82 Å². The van der Waals surface area contributed by atoms with Crippen LogP contribution in [0.4, 0.5) is 16.0 Å². The zero-order valence-electron chi connectivity index (χ0n) is 17.7. The Morgan fingerprint density at radius 2 is 1.97 bits per heavy atom. The number of anilines is 2. The highest BCUT2D eigenvalue weighted by Gasteiger charge is 2.52. The van der Waals surface area contributed by atoms with Crippen molar-refractivity contribution in [3.8, 4) is 11.3 Å². The van der Waals surface area contributed by atoms with E-state index in [1.165, 1.54) is 0 Å². The van der Waals surface area contributed by atoms with Crippen LogP contribution < -0.4 is 16.0 Å². The molecule has 10 heteroatoms. The van der Waals surface area contributed by atoms with E-state index in [0.29, 0.717) is 48.6 Å². The number of hydrogen-bond donors (Lipinski definition) is 4. The molecule has 0 radical (unpaired) electrons. The molecule has 0 bridgehead atoms. The van der Waals surface area contributed by atoms with Gasteiger partial charge in [0.15, 0.2) is 11.6 Å². The number of fused-ring (bicyclic) bond motifs is 7. The molecule has 2 aliphatic heterocycles. The number of halogens is 2. The van der Waals surface area contributed by atoms with Crippen molar-refractivity contribution in [1.29, 1.82) is 0 Å². The Kier molecular flexibility index (Phi) is 3.97. The quantitative estimate of drug-likeness (QED) is 0.433. The van der Waals surface area contributed by atoms with Gasteiger partial charge in [-0.2, -0.15) is 0 Å². The summed E-state index contributed by atoms with van der Waals surface area (Å²) in [6.45, 7) is 2.02. The lowest BCUT2D eigenvalue weighted by molar-refractivity contribution is 0.0936. The number of aromatic amines is 1. The monoisotopic (exact) mass is 465 g/mol. The highest BCUT2D eigenvalue weighted by atomic mass is 35.5. The van der Waals surface area contributed by atoms with Gasteiger partial charge in [0.05, 0.1) is 17.0 Å². The lowest BCUT2D eigenvalue weighted by Crippen LogP contribution is -2.39. The molecular formula is C23H21ClFN7O. The normalized spacial score (nSPS) is 19.3. The van der Waals surface area contributed by atoms with Crippen molar-refractivity contribution in [3.63, 3.8) is 0 Å². The molecule has 8 nitrogen and oxygen atoms in total. The molecule has 0 aromatic carbocycles. The first-order chi connectivity index (χ1) is 16.0. The van der Waals surface area contributed by atoms with E-state index in [-0.39, 0.29) is 22.4 Å². The number of amides is 1. The van der Waals surface area contributed by atoms with Crippen LogP contribution in [0.25, 0.3) is 11.3 Å². The fourth-order valence-electron chi connectivity index (χ4n) is 5.51. The minimum Gasteiger partial charge on any atom is -0.357 e. The number of H-pyrrole nitrogens is 1. The number of carbonyl (C=O) groups excluding carboxylic acids is 1. The number of hydrogen-bond acceptors (Lipinski definition) is 6. The van der Waals surface area contributed by atoms with Crippen LogP contribution in [0.5, 0.6) is 0 Å². The Morgan fingerprint density at radius 1 is 1.09 bits per heavy atom. The predicted octanol–water partition coefficient (Wildman–Crippen LogP) is 2.92. The summed E-state index contributed by atoms with van der Waals surface area (Å²) in [4.78, 5) is 29.2. The fourth-order valence-corrected chi connectivity index (χ4v) is 5.70. The number of aromatic nitrogens is 4. The molecule has 7 rings (SSSR count). The first-order valence-corrected chi connectivity index (χ1v) is 11.7. The molecule has 2 aliphatic carbocycles. The molecule has 1 fully saturated rings. The SMILES string of the molecule is O=C1NCC2(CC2)c2[nH]c3c(c21)CCc1cnc(Nc2nc(Cl)nc4c2CNCC4)c(F)c1-3. The van der Waals surface area contributed by atoms with Gasteiger partial charge in [-0.15, -0.1) is 0 Å². The molecule has 3 aromatic heterocycles. The van der Waals surface area contributed by atoms with Crippen molar-refractivity contribution < 1.29 is 9.18 Å². The van der Waals surface area contributed by atoms with Crippen molar-refractivity contribution >= 4 is 29.1 Å². The van der Waals surface area contributed by atoms with Gasteiger partial charge >= 0.3 is 0 Å². The summed E-state index contributed by atoms with van der Waals surface area (Å²) < 4.78 is 16.0.